The molecule has 0 fully saturated rings. The van der Waals surface area contributed by atoms with Crippen LogP contribution in [0.1, 0.15) is 22.3 Å². The molecule has 0 unspecified atom stereocenters. The number of aryl methyl sites for hydroxylation is 3. The lowest BCUT2D eigenvalue weighted by atomic mass is 10.0. The van der Waals surface area contributed by atoms with E-state index in [1.807, 2.05) is 41.2 Å². The maximum absolute atomic E-state index is 11.5. The number of rotatable bonds is 5. The van der Waals surface area contributed by atoms with Crippen LogP contribution >= 0.6 is 7.60 Å². The molecule has 0 bridgehead atoms. The molecule has 0 amide bonds. The second-order valence-corrected chi connectivity index (χ2v) is 9.83. The van der Waals surface area contributed by atoms with Crippen molar-refractivity contribution in [2.45, 2.75) is 26.9 Å². The van der Waals surface area contributed by atoms with E-state index in [0.717, 1.165) is 16.8 Å². The smallest absolute Gasteiger partial charge is 0.324 e. The Morgan fingerprint density at radius 2 is 1.25 bits per heavy atom. The van der Waals surface area contributed by atoms with Crippen molar-refractivity contribution in [3.63, 3.8) is 0 Å². The molecular formula is C26H27N2O3P+2. The zero-order valence-corrected chi connectivity index (χ0v) is 19.3. The van der Waals surface area contributed by atoms with E-state index >= 15 is 0 Å². The minimum atomic E-state index is -4.15. The molecule has 0 atom stereocenters. The monoisotopic (exact) mass is 446 g/mol. The molecule has 4 rings (SSSR count). The standard InChI is InChI=1S/C26H25N2O3P/c1-19-16-20(2)26(21(3)17-19)28-14-10-23(11-15-28)22-8-12-27(13-9-22)25-7-5-4-6-24(25)18-32(29,30)31/h4-17H,18H2,1-3H3/p+2. The van der Waals surface area contributed by atoms with Gasteiger partial charge in [-0.2, -0.15) is 9.13 Å². The molecule has 0 spiro atoms. The molecule has 2 N–H and O–H groups in total. The molecule has 0 radical (unpaired) electrons. The molecular weight excluding hydrogens is 419 g/mol. The summed E-state index contributed by atoms with van der Waals surface area (Å²) in [6.07, 6.45) is 7.72. The van der Waals surface area contributed by atoms with Gasteiger partial charge in [0.2, 0.25) is 11.4 Å². The third-order valence-corrected chi connectivity index (χ3v) is 6.28. The number of aromatic nitrogens is 2. The molecule has 2 heterocycles. The van der Waals surface area contributed by atoms with Crippen molar-refractivity contribution in [1.82, 2.24) is 0 Å². The summed E-state index contributed by atoms with van der Waals surface area (Å²) in [5, 5.41) is 0. The van der Waals surface area contributed by atoms with Gasteiger partial charge >= 0.3 is 7.60 Å². The van der Waals surface area contributed by atoms with Gasteiger partial charge in [0, 0.05) is 47.0 Å². The number of nitrogens with zero attached hydrogens (tertiary/aromatic N) is 2. The molecule has 5 nitrogen and oxygen atoms in total. The largest absolute Gasteiger partial charge is 0.330 e. The molecule has 6 heteroatoms. The molecule has 0 aliphatic rings. The fourth-order valence-electron chi connectivity index (χ4n) is 4.25. The topological polar surface area (TPSA) is 65.3 Å². The third-order valence-electron chi connectivity index (χ3n) is 5.53. The summed E-state index contributed by atoms with van der Waals surface area (Å²) in [5.74, 6) is 0. The number of para-hydroxylation sites is 1. The van der Waals surface area contributed by atoms with Crippen LogP contribution in [-0.2, 0) is 10.7 Å². The summed E-state index contributed by atoms with van der Waals surface area (Å²) in [6.45, 7) is 6.39. The third kappa shape index (κ3) is 4.86. The number of benzene rings is 2. The fraction of sp³-hybridized carbons (Fsp3) is 0.154. The van der Waals surface area contributed by atoms with Crippen molar-refractivity contribution >= 4 is 7.60 Å². The molecule has 2 aromatic heterocycles. The average Bonchev–Trinajstić information content (AvgIpc) is 2.73. The molecule has 4 aromatic rings. The Morgan fingerprint density at radius 3 is 1.78 bits per heavy atom. The van der Waals surface area contributed by atoms with Gasteiger partial charge in [-0.05, 0) is 44.0 Å². The van der Waals surface area contributed by atoms with Crippen molar-refractivity contribution in [3.8, 4) is 22.5 Å². The molecule has 2 aromatic carbocycles. The average molecular weight is 446 g/mol. The van der Waals surface area contributed by atoms with Crippen LogP contribution in [0.25, 0.3) is 22.5 Å². The van der Waals surface area contributed by atoms with E-state index in [2.05, 4.69) is 62.0 Å². The minimum absolute atomic E-state index is 0.283. The Bertz CT molecular complexity index is 1290. The lowest BCUT2D eigenvalue weighted by Crippen LogP contribution is -2.32. The van der Waals surface area contributed by atoms with Crippen molar-refractivity contribution in [2.24, 2.45) is 0 Å². The minimum Gasteiger partial charge on any atom is -0.324 e. The highest BCUT2D eigenvalue weighted by molar-refractivity contribution is 7.50. The van der Waals surface area contributed by atoms with E-state index in [1.54, 1.807) is 12.1 Å². The van der Waals surface area contributed by atoms with E-state index in [0.29, 0.717) is 5.56 Å². The number of pyridine rings is 2. The van der Waals surface area contributed by atoms with E-state index in [9.17, 15) is 14.4 Å². The second-order valence-electron chi connectivity index (χ2n) is 8.19. The Hall–Kier alpha value is -3.11. The normalized spacial score (nSPS) is 11.5. The predicted molar refractivity (Wildman–Crippen MR) is 125 cm³/mol. The number of hydrogen-bond donors (Lipinski definition) is 2. The van der Waals surface area contributed by atoms with Gasteiger partial charge in [0.1, 0.15) is 0 Å². The van der Waals surface area contributed by atoms with E-state index < -0.39 is 7.60 Å². The predicted octanol–water partition coefficient (Wildman–Crippen LogP) is 4.51. The first kappa shape index (κ1) is 22.1. The summed E-state index contributed by atoms with van der Waals surface area (Å²) in [6, 6.07) is 19.9. The zero-order chi connectivity index (χ0) is 22.9. The highest BCUT2D eigenvalue weighted by Gasteiger charge is 2.21. The van der Waals surface area contributed by atoms with Crippen LogP contribution in [0.4, 0.5) is 0 Å². The van der Waals surface area contributed by atoms with Gasteiger partial charge in [-0.1, -0.05) is 23.8 Å². The van der Waals surface area contributed by atoms with Crippen LogP contribution in [-0.4, -0.2) is 9.79 Å². The van der Waals surface area contributed by atoms with E-state index in [4.69, 9.17) is 0 Å². The van der Waals surface area contributed by atoms with Gasteiger partial charge in [0.05, 0.1) is 6.16 Å². The Kier molecular flexibility index (Phi) is 6.07. The summed E-state index contributed by atoms with van der Waals surface area (Å²) in [7, 11) is -4.15. The maximum Gasteiger partial charge on any atom is 0.330 e. The quantitative estimate of drug-likeness (QED) is 0.350. The van der Waals surface area contributed by atoms with E-state index in [1.165, 1.54) is 22.4 Å². The van der Waals surface area contributed by atoms with Crippen LogP contribution in [0.2, 0.25) is 0 Å². The van der Waals surface area contributed by atoms with Crippen LogP contribution in [0.5, 0.6) is 0 Å². The zero-order valence-electron chi connectivity index (χ0n) is 18.4. The van der Waals surface area contributed by atoms with Crippen LogP contribution in [0.3, 0.4) is 0 Å². The summed E-state index contributed by atoms with van der Waals surface area (Å²) in [4.78, 5) is 18.8. The molecule has 32 heavy (non-hydrogen) atoms. The van der Waals surface area contributed by atoms with Gasteiger partial charge in [-0.25, -0.2) is 0 Å². The van der Waals surface area contributed by atoms with Crippen molar-refractivity contribution < 1.29 is 23.5 Å². The number of hydrogen-bond acceptors (Lipinski definition) is 1. The maximum atomic E-state index is 11.5. The van der Waals surface area contributed by atoms with Gasteiger partial charge in [-0.3, -0.25) is 4.57 Å². The Labute approximate surface area is 188 Å². The lowest BCUT2D eigenvalue weighted by molar-refractivity contribution is -0.596. The Balaban J connectivity index is 1.62. The highest BCUT2D eigenvalue weighted by atomic mass is 31.2. The van der Waals surface area contributed by atoms with Crippen LogP contribution in [0, 0.1) is 20.8 Å². The first-order valence-corrected chi connectivity index (χ1v) is 12.3. The molecule has 162 valence electrons. The molecule has 0 aliphatic carbocycles. The lowest BCUT2D eigenvalue weighted by Gasteiger charge is -2.07. The SMILES string of the molecule is Cc1cc(C)c(-[n+]2ccc(-c3cc[n+](-c4ccccc4CP(=O)(O)O)cc3)cc2)c(C)c1. The second kappa shape index (κ2) is 8.79. The van der Waals surface area contributed by atoms with Crippen LogP contribution < -0.4 is 9.13 Å². The van der Waals surface area contributed by atoms with Crippen molar-refractivity contribution in [1.29, 1.82) is 0 Å². The van der Waals surface area contributed by atoms with Gasteiger partial charge in [0.15, 0.2) is 24.8 Å². The first-order chi connectivity index (χ1) is 15.2. The Morgan fingerprint density at radius 1 is 0.750 bits per heavy atom. The molecule has 0 saturated heterocycles. The molecule has 0 aliphatic heterocycles. The van der Waals surface area contributed by atoms with Gasteiger partial charge < -0.3 is 9.79 Å². The van der Waals surface area contributed by atoms with Crippen LogP contribution in [0.15, 0.2) is 85.5 Å². The molecule has 0 saturated carbocycles. The fourth-order valence-corrected chi connectivity index (χ4v) is 4.96. The van der Waals surface area contributed by atoms with Crippen molar-refractivity contribution in [3.05, 3.63) is 108 Å². The summed E-state index contributed by atoms with van der Waals surface area (Å²) in [5.41, 5.74) is 8.50. The van der Waals surface area contributed by atoms with E-state index in [-0.39, 0.29) is 6.16 Å². The van der Waals surface area contributed by atoms with Gasteiger partial charge in [0.25, 0.3) is 0 Å². The summed E-state index contributed by atoms with van der Waals surface area (Å²) >= 11 is 0. The van der Waals surface area contributed by atoms with Crippen molar-refractivity contribution in [2.75, 3.05) is 0 Å². The first-order valence-electron chi connectivity index (χ1n) is 10.5. The van der Waals surface area contributed by atoms with Gasteiger partial charge in [-0.15, -0.1) is 0 Å². The highest BCUT2D eigenvalue weighted by Crippen LogP contribution is 2.39. The summed E-state index contributed by atoms with van der Waals surface area (Å²) < 4.78 is 15.5.